The molecule has 1 aliphatic heterocycles. The van der Waals surface area contributed by atoms with Gasteiger partial charge in [0.1, 0.15) is 0 Å². The lowest BCUT2D eigenvalue weighted by molar-refractivity contribution is 0.335. The van der Waals surface area contributed by atoms with Crippen LogP contribution in [0, 0.1) is 5.92 Å². The van der Waals surface area contributed by atoms with Gasteiger partial charge in [0, 0.05) is 11.6 Å². The zero-order chi connectivity index (χ0) is 12.5. The Hall–Kier alpha value is -0.840. The van der Waals surface area contributed by atoms with Crippen molar-refractivity contribution in [3.63, 3.8) is 0 Å². The first-order chi connectivity index (χ1) is 8.74. The van der Waals surface area contributed by atoms with Gasteiger partial charge in [0.2, 0.25) is 0 Å². The average molecular weight is 283 g/mol. The Bertz CT molecular complexity index is 613. The molecular formula is C13H15ClN2OS. The first kappa shape index (κ1) is 12.2. The van der Waals surface area contributed by atoms with Crippen molar-refractivity contribution in [3.8, 4) is 0 Å². The smallest absolute Gasteiger partial charge is 0.308 e. The van der Waals surface area contributed by atoms with E-state index in [1.165, 1.54) is 11.3 Å². The number of benzene rings is 1. The van der Waals surface area contributed by atoms with Gasteiger partial charge in [0.25, 0.3) is 0 Å². The molecule has 0 aliphatic carbocycles. The minimum atomic E-state index is 0.130. The number of halogens is 1. The summed E-state index contributed by atoms with van der Waals surface area (Å²) in [6, 6.07) is 5.67. The van der Waals surface area contributed by atoms with Gasteiger partial charge in [-0.15, -0.1) is 0 Å². The highest BCUT2D eigenvalue weighted by Gasteiger charge is 2.16. The molecule has 0 radical (unpaired) electrons. The number of fused-ring (bicyclic) bond motifs is 1. The van der Waals surface area contributed by atoms with Crippen LogP contribution in [0.1, 0.15) is 12.8 Å². The Morgan fingerprint density at radius 1 is 1.39 bits per heavy atom. The summed E-state index contributed by atoms with van der Waals surface area (Å²) in [6.45, 7) is 2.94. The van der Waals surface area contributed by atoms with Gasteiger partial charge < -0.3 is 5.32 Å². The predicted octanol–water partition coefficient (Wildman–Crippen LogP) is 2.72. The van der Waals surface area contributed by atoms with Crippen molar-refractivity contribution >= 4 is 33.2 Å². The third-order valence-electron chi connectivity index (χ3n) is 3.53. The van der Waals surface area contributed by atoms with Crippen molar-refractivity contribution in [2.24, 2.45) is 5.92 Å². The standard InChI is InChI=1S/C13H15ClN2OS/c14-10-1-2-12-11(7-10)16(13(17)18-12)8-9-3-5-15-6-4-9/h1-2,7,9,15H,3-6,8H2. The molecule has 1 saturated heterocycles. The molecule has 1 aromatic carbocycles. The van der Waals surface area contributed by atoms with Crippen LogP contribution in [0.2, 0.25) is 5.02 Å². The molecule has 2 heterocycles. The number of nitrogens with one attached hydrogen (secondary N) is 1. The van der Waals surface area contributed by atoms with Crippen molar-refractivity contribution in [1.82, 2.24) is 9.88 Å². The molecular weight excluding hydrogens is 268 g/mol. The first-order valence-electron chi connectivity index (χ1n) is 6.23. The second-order valence-electron chi connectivity index (χ2n) is 4.78. The zero-order valence-corrected chi connectivity index (χ0v) is 11.6. The summed E-state index contributed by atoms with van der Waals surface area (Å²) in [4.78, 5) is 12.2. The van der Waals surface area contributed by atoms with Gasteiger partial charge >= 0.3 is 4.87 Å². The van der Waals surface area contributed by atoms with Crippen LogP contribution in [0.5, 0.6) is 0 Å². The fourth-order valence-electron chi connectivity index (χ4n) is 2.53. The molecule has 0 saturated carbocycles. The summed E-state index contributed by atoms with van der Waals surface area (Å²) in [5.74, 6) is 0.598. The van der Waals surface area contributed by atoms with Gasteiger partial charge in [-0.05, 0) is 50.0 Å². The van der Waals surface area contributed by atoms with Crippen LogP contribution in [0.25, 0.3) is 10.2 Å². The van der Waals surface area contributed by atoms with Crippen molar-refractivity contribution < 1.29 is 0 Å². The van der Waals surface area contributed by atoms with E-state index in [0.717, 1.165) is 42.7 Å². The summed E-state index contributed by atoms with van der Waals surface area (Å²) in [5, 5.41) is 4.04. The number of aromatic nitrogens is 1. The van der Waals surface area contributed by atoms with Gasteiger partial charge in [-0.2, -0.15) is 0 Å². The summed E-state index contributed by atoms with van der Waals surface area (Å²) >= 11 is 7.33. The van der Waals surface area contributed by atoms with Crippen LogP contribution >= 0.6 is 22.9 Å². The maximum absolute atomic E-state index is 12.0. The quantitative estimate of drug-likeness (QED) is 0.919. The van der Waals surface area contributed by atoms with Crippen LogP contribution in [0.15, 0.2) is 23.0 Å². The van der Waals surface area contributed by atoms with Gasteiger partial charge in [-0.3, -0.25) is 9.36 Å². The summed E-state index contributed by atoms with van der Waals surface area (Å²) in [6.07, 6.45) is 2.29. The topological polar surface area (TPSA) is 34.0 Å². The molecule has 1 N–H and O–H groups in total. The summed E-state index contributed by atoms with van der Waals surface area (Å²) < 4.78 is 2.92. The Labute approximate surface area is 114 Å². The number of rotatable bonds is 2. The zero-order valence-electron chi connectivity index (χ0n) is 9.99. The normalized spacial score (nSPS) is 17.4. The third kappa shape index (κ3) is 2.32. The lowest BCUT2D eigenvalue weighted by Gasteiger charge is -2.22. The van der Waals surface area contributed by atoms with E-state index in [9.17, 15) is 4.79 Å². The van der Waals surface area contributed by atoms with E-state index in [-0.39, 0.29) is 4.87 Å². The highest BCUT2D eigenvalue weighted by atomic mass is 35.5. The maximum Gasteiger partial charge on any atom is 0.308 e. The molecule has 5 heteroatoms. The fourth-order valence-corrected chi connectivity index (χ4v) is 3.58. The van der Waals surface area contributed by atoms with E-state index in [4.69, 9.17) is 11.6 Å². The molecule has 3 rings (SSSR count). The van der Waals surface area contributed by atoms with Crippen molar-refractivity contribution in [3.05, 3.63) is 32.9 Å². The Balaban J connectivity index is 1.97. The molecule has 0 atom stereocenters. The van der Waals surface area contributed by atoms with Gasteiger partial charge in [0.05, 0.1) is 10.2 Å². The molecule has 0 unspecified atom stereocenters. The average Bonchev–Trinajstić information content (AvgIpc) is 2.67. The molecule has 0 bridgehead atoms. The molecule has 3 nitrogen and oxygen atoms in total. The second kappa shape index (κ2) is 5.03. The molecule has 0 amide bonds. The number of hydrogen-bond donors (Lipinski definition) is 1. The van der Waals surface area contributed by atoms with Crippen molar-refractivity contribution in [2.75, 3.05) is 13.1 Å². The van der Waals surface area contributed by atoms with Crippen LogP contribution in [-0.2, 0) is 6.54 Å². The Morgan fingerprint density at radius 2 is 2.17 bits per heavy atom. The Morgan fingerprint density at radius 3 is 2.94 bits per heavy atom. The fraction of sp³-hybridized carbons (Fsp3) is 0.462. The maximum atomic E-state index is 12.0. The van der Waals surface area contributed by atoms with E-state index in [0.29, 0.717) is 10.9 Å². The van der Waals surface area contributed by atoms with E-state index in [2.05, 4.69) is 5.32 Å². The molecule has 1 aliphatic rings. The van der Waals surface area contributed by atoms with E-state index < -0.39 is 0 Å². The predicted molar refractivity (Wildman–Crippen MR) is 76.7 cm³/mol. The van der Waals surface area contributed by atoms with Crippen molar-refractivity contribution in [2.45, 2.75) is 19.4 Å². The number of piperidine rings is 1. The molecule has 0 spiro atoms. The van der Waals surface area contributed by atoms with Crippen molar-refractivity contribution in [1.29, 1.82) is 0 Å². The number of hydrogen-bond acceptors (Lipinski definition) is 3. The van der Waals surface area contributed by atoms with Gasteiger partial charge in [0.15, 0.2) is 0 Å². The number of nitrogens with zero attached hydrogens (tertiary/aromatic N) is 1. The lowest BCUT2D eigenvalue weighted by atomic mass is 9.98. The SMILES string of the molecule is O=c1sc2ccc(Cl)cc2n1CC1CCNCC1. The van der Waals surface area contributed by atoms with E-state index >= 15 is 0 Å². The van der Waals surface area contributed by atoms with Crippen LogP contribution < -0.4 is 10.2 Å². The molecule has 2 aromatic rings. The highest BCUT2D eigenvalue weighted by Crippen LogP contribution is 2.23. The van der Waals surface area contributed by atoms with E-state index in [1.54, 1.807) is 0 Å². The largest absolute Gasteiger partial charge is 0.317 e. The summed E-state index contributed by atoms with van der Waals surface area (Å²) in [5.41, 5.74) is 0.982. The minimum absolute atomic E-state index is 0.130. The van der Waals surface area contributed by atoms with Crippen LogP contribution in [0.4, 0.5) is 0 Å². The van der Waals surface area contributed by atoms with E-state index in [1.807, 2.05) is 22.8 Å². The minimum Gasteiger partial charge on any atom is -0.317 e. The molecule has 18 heavy (non-hydrogen) atoms. The molecule has 1 fully saturated rings. The second-order valence-corrected chi connectivity index (χ2v) is 6.21. The molecule has 1 aromatic heterocycles. The third-order valence-corrected chi connectivity index (χ3v) is 4.72. The lowest BCUT2D eigenvalue weighted by Crippen LogP contribution is -2.31. The monoisotopic (exact) mass is 282 g/mol. The first-order valence-corrected chi connectivity index (χ1v) is 7.43. The highest BCUT2D eigenvalue weighted by molar-refractivity contribution is 7.16. The van der Waals surface area contributed by atoms with Gasteiger partial charge in [-0.25, -0.2) is 0 Å². The van der Waals surface area contributed by atoms with Crippen LogP contribution in [0.3, 0.4) is 0 Å². The van der Waals surface area contributed by atoms with Gasteiger partial charge in [-0.1, -0.05) is 22.9 Å². The Kier molecular flexibility index (Phi) is 3.41. The van der Waals surface area contributed by atoms with Crippen LogP contribution in [-0.4, -0.2) is 17.7 Å². The number of thiazole rings is 1. The summed E-state index contributed by atoms with van der Waals surface area (Å²) in [7, 11) is 0. The molecule has 96 valence electrons.